The monoisotopic (exact) mass is 526 g/mol. The van der Waals surface area contributed by atoms with E-state index in [4.69, 9.17) is 0 Å². The maximum Gasteiger partial charge on any atom is -0.147 e. The van der Waals surface area contributed by atoms with E-state index >= 15 is 0 Å². The summed E-state index contributed by atoms with van der Waals surface area (Å²) in [4.78, 5) is 0. The van der Waals surface area contributed by atoms with E-state index < -0.39 is 16.6 Å². The quantitative estimate of drug-likeness (QED) is 0.302. The molecule has 0 aromatic heterocycles. The molecule has 0 bridgehead atoms. The standard InChI is InChI=1S/2C11H11.C7H8Si.2ClH.Ti/c2*1-8-6-10-5-3-4-9(2)11(10)7-8;8-6-7-4-2-1-3-5-7;;;/h2*3-7H,1-2H3;1-5,8H,6H2;2*1H;. The molecule has 0 saturated carbocycles. The van der Waals surface area contributed by atoms with E-state index in [1.807, 2.05) is 0 Å². The first kappa shape index (κ1) is 26.3. The molecule has 0 radical (unpaired) electrons. The molecule has 33 heavy (non-hydrogen) atoms. The van der Waals surface area contributed by atoms with Crippen molar-refractivity contribution in [2.75, 3.05) is 0 Å². The Hall–Kier alpha value is -1.35. The number of hydrogen-bond acceptors (Lipinski definition) is 0. The van der Waals surface area contributed by atoms with Crippen molar-refractivity contribution in [1.29, 1.82) is 0 Å². The number of aryl methyl sites for hydroxylation is 2. The summed E-state index contributed by atoms with van der Waals surface area (Å²) in [6, 6.07) is 26.5. The Balaban J connectivity index is 0.00000153. The minimum absolute atomic E-state index is 0. The van der Waals surface area contributed by atoms with E-state index in [1.54, 1.807) is 22.3 Å². The van der Waals surface area contributed by atoms with Crippen molar-refractivity contribution in [2.24, 2.45) is 0 Å². The topological polar surface area (TPSA) is 0 Å². The maximum absolute atomic E-state index is 2.51. The zero-order valence-corrected chi connectivity index (χ0v) is 24.1. The third kappa shape index (κ3) is 4.90. The molecule has 0 amide bonds. The third-order valence-electron chi connectivity index (χ3n) is 7.08. The normalized spacial score (nSPS) is 17.7. The van der Waals surface area contributed by atoms with Gasteiger partial charge in [-0.2, -0.15) is 0 Å². The molecule has 2 aliphatic carbocycles. The molecule has 0 N–H and O–H groups in total. The number of rotatable bonds is 4. The van der Waals surface area contributed by atoms with Crippen LogP contribution in [0.25, 0.3) is 12.2 Å². The van der Waals surface area contributed by atoms with Crippen molar-refractivity contribution < 1.29 is 16.6 Å². The number of fused-ring (bicyclic) bond motifs is 2. The van der Waals surface area contributed by atoms with Crippen molar-refractivity contribution in [3.8, 4) is 0 Å². The molecule has 170 valence electrons. The van der Waals surface area contributed by atoms with Crippen LogP contribution < -0.4 is 0 Å². The largest absolute Gasteiger partial charge is 0.147 e. The summed E-state index contributed by atoms with van der Waals surface area (Å²) in [5.74, 6) is 0. The van der Waals surface area contributed by atoms with Crippen LogP contribution in [-0.2, 0) is 22.7 Å². The molecular formula is C29H32Cl2SiTi. The van der Waals surface area contributed by atoms with Crippen LogP contribution >= 0.6 is 24.8 Å². The Morgan fingerprint density at radius 3 is 1.61 bits per heavy atom. The van der Waals surface area contributed by atoms with Gasteiger partial charge in [0.15, 0.2) is 0 Å². The SMILES string of the molecule is CC1=Cc2c(C)cccc2[CH]1[Ti](=[SiH]Cc1ccccc1)[CH]1C(C)=Cc2c(C)cccc21.Cl.Cl. The van der Waals surface area contributed by atoms with Crippen molar-refractivity contribution in [3.63, 3.8) is 0 Å². The summed E-state index contributed by atoms with van der Waals surface area (Å²) in [6.07, 6.45) is 5.02. The molecule has 3 aromatic carbocycles. The van der Waals surface area contributed by atoms with Gasteiger partial charge in [0.25, 0.3) is 0 Å². The van der Waals surface area contributed by atoms with Crippen LogP contribution in [0.5, 0.6) is 0 Å². The van der Waals surface area contributed by atoms with Gasteiger partial charge in [-0.05, 0) is 0 Å². The molecule has 0 aliphatic heterocycles. The van der Waals surface area contributed by atoms with Gasteiger partial charge in [-0.1, -0.05) is 0 Å². The molecule has 0 fully saturated rings. The van der Waals surface area contributed by atoms with Crippen molar-refractivity contribution in [3.05, 3.63) is 117 Å². The van der Waals surface area contributed by atoms with Crippen LogP contribution in [0.15, 0.2) is 77.9 Å². The fraction of sp³-hybridized carbons (Fsp3) is 0.241. The van der Waals surface area contributed by atoms with Gasteiger partial charge in [0.1, 0.15) is 0 Å². The summed E-state index contributed by atoms with van der Waals surface area (Å²) in [6.45, 7) is 9.79. The second-order valence-corrected chi connectivity index (χ2v) is 18.0. The number of benzene rings is 3. The Kier molecular flexibility index (Phi) is 8.70. The Morgan fingerprint density at radius 2 is 1.12 bits per heavy atom. The molecule has 3 aromatic rings. The summed E-state index contributed by atoms with van der Waals surface area (Å²) in [5, 5.41) is 0. The van der Waals surface area contributed by atoms with Gasteiger partial charge in [-0.15, -0.1) is 24.8 Å². The van der Waals surface area contributed by atoms with E-state index in [1.165, 1.54) is 33.9 Å². The molecule has 2 atom stereocenters. The fourth-order valence-corrected chi connectivity index (χ4v) is 19.2. The van der Waals surface area contributed by atoms with Gasteiger partial charge in [0, 0.05) is 0 Å². The van der Waals surface area contributed by atoms with Crippen LogP contribution in [0.3, 0.4) is 0 Å². The van der Waals surface area contributed by atoms with E-state index in [-0.39, 0.29) is 24.8 Å². The zero-order valence-electron chi connectivity index (χ0n) is 19.8. The summed E-state index contributed by atoms with van der Waals surface area (Å²) in [7, 11) is 0. The Bertz CT molecular complexity index is 1180. The average Bonchev–Trinajstić information content (AvgIpc) is 3.28. The minimum atomic E-state index is -1.56. The predicted molar refractivity (Wildman–Crippen MR) is 147 cm³/mol. The smallest absolute Gasteiger partial charge is 0.147 e. The fourth-order valence-electron chi connectivity index (χ4n) is 5.55. The van der Waals surface area contributed by atoms with Crippen molar-refractivity contribution >= 4 is 43.9 Å². The van der Waals surface area contributed by atoms with Crippen molar-refractivity contribution in [2.45, 2.75) is 42.2 Å². The molecule has 2 aliphatic rings. The third-order valence-corrected chi connectivity index (χ3v) is 18.6. The van der Waals surface area contributed by atoms with Gasteiger partial charge in [0.2, 0.25) is 0 Å². The first-order valence-corrected chi connectivity index (χ1v) is 17.2. The van der Waals surface area contributed by atoms with Gasteiger partial charge in [0.05, 0.1) is 0 Å². The predicted octanol–water partition coefficient (Wildman–Crippen LogP) is 7.93. The maximum atomic E-state index is 2.51. The molecule has 0 saturated heterocycles. The first-order valence-electron chi connectivity index (χ1n) is 11.3. The summed E-state index contributed by atoms with van der Waals surface area (Å²) >= 11 is -1.56. The van der Waals surface area contributed by atoms with Gasteiger partial charge < -0.3 is 0 Å². The second-order valence-electron chi connectivity index (χ2n) is 9.19. The van der Waals surface area contributed by atoms with E-state index in [2.05, 4.69) is 107 Å². The van der Waals surface area contributed by atoms with E-state index in [0.717, 1.165) is 0 Å². The van der Waals surface area contributed by atoms with E-state index in [0.29, 0.717) is 15.4 Å². The number of hydrogen-bond donors (Lipinski definition) is 0. The molecule has 5 rings (SSSR count). The van der Waals surface area contributed by atoms with Crippen LogP contribution in [0.4, 0.5) is 0 Å². The number of allylic oxidation sites excluding steroid dienone is 2. The Morgan fingerprint density at radius 1 is 0.636 bits per heavy atom. The van der Waals surface area contributed by atoms with Crippen LogP contribution in [0.2, 0.25) is 0 Å². The van der Waals surface area contributed by atoms with Crippen LogP contribution in [0, 0.1) is 13.8 Å². The van der Waals surface area contributed by atoms with Gasteiger partial charge in [-0.25, -0.2) is 0 Å². The van der Waals surface area contributed by atoms with Gasteiger partial charge in [-0.3, -0.25) is 0 Å². The zero-order chi connectivity index (χ0) is 21.5. The second kappa shape index (κ2) is 10.9. The Labute approximate surface area is 218 Å². The molecule has 0 nitrogen and oxygen atoms in total. The average molecular weight is 527 g/mol. The molecular weight excluding hydrogens is 495 g/mol. The van der Waals surface area contributed by atoms with Gasteiger partial charge >= 0.3 is 195 Å². The van der Waals surface area contributed by atoms with Crippen molar-refractivity contribution in [1.82, 2.24) is 0 Å². The number of halogens is 2. The first-order chi connectivity index (χ1) is 15.0. The van der Waals surface area contributed by atoms with Crippen LogP contribution in [0.1, 0.15) is 61.2 Å². The molecule has 0 heterocycles. The van der Waals surface area contributed by atoms with E-state index in [9.17, 15) is 0 Å². The van der Waals surface area contributed by atoms with Crippen LogP contribution in [-0.4, -0.2) is 6.91 Å². The molecule has 4 heteroatoms. The summed E-state index contributed by atoms with van der Waals surface area (Å²) < 4.78 is 1.38. The minimum Gasteiger partial charge on any atom is -0.147 e. The molecule has 0 spiro atoms. The molecule has 2 unspecified atom stereocenters. The summed E-state index contributed by atoms with van der Waals surface area (Å²) in [5.41, 5.74) is 13.9.